The Morgan fingerprint density at radius 2 is 1.84 bits per heavy atom. The molecule has 1 unspecified atom stereocenters. The Morgan fingerprint density at radius 1 is 1.19 bits per heavy atom. The number of esters is 1. The molecule has 0 bridgehead atoms. The number of carbonyl (C=O) groups excluding carboxylic acids is 1. The lowest BCUT2D eigenvalue weighted by atomic mass is 9.87. The van der Waals surface area contributed by atoms with Crippen molar-refractivity contribution in [3.05, 3.63) is 47.3 Å². The summed E-state index contributed by atoms with van der Waals surface area (Å²) in [6.45, 7) is 11.3. The number of aliphatic hydroxyl groups is 2. The zero-order valence-electron chi connectivity index (χ0n) is 20.2. The normalized spacial score (nSPS) is 37.2. The van der Waals surface area contributed by atoms with Crippen molar-refractivity contribution >= 4 is 5.97 Å². The molecule has 6 heteroatoms. The summed E-state index contributed by atoms with van der Waals surface area (Å²) in [4.78, 5) is 12.9. The Balaban J connectivity index is 3.46. The van der Waals surface area contributed by atoms with Gasteiger partial charge in [-0.15, -0.1) is 0 Å². The number of methoxy groups -OCH3 is 2. The average molecular weight is 437 g/mol. The molecular formula is C25H40O6. The standard InChI is InChI=1S/C25H40O6/c1-15-10-9-11-21(29-7)24(19(5)20(6)26)31-25(28)22(30-8)14-16(2)13-18(4)23(27)17(3)12-15/h9-11,13-14,17-21,23-24,26-27H,12H2,1-8H3/b11-9+,15-10+,16-13+,22-14-/t17-,18?,19-,20-,21-,23-,24+/m0/s1. The molecule has 0 fully saturated rings. The van der Waals surface area contributed by atoms with Crippen molar-refractivity contribution in [2.45, 2.75) is 72.4 Å². The summed E-state index contributed by atoms with van der Waals surface area (Å²) in [6, 6.07) is 0. The minimum absolute atomic E-state index is 0.0490. The maximum Gasteiger partial charge on any atom is 0.373 e. The van der Waals surface area contributed by atoms with Crippen LogP contribution in [0.5, 0.6) is 0 Å². The first-order chi connectivity index (χ1) is 14.5. The molecule has 0 aliphatic carbocycles. The molecule has 0 aromatic heterocycles. The SMILES string of the molecule is CO/C1=C\C(C)=C\C(C)[C@@H](O)[C@@H](C)C/C(C)=C/C=C/[C@H](OC)[C@@H]([C@@H](C)[C@H](C)O)OC1=O. The van der Waals surface area contributed by atoms with Gasteiger partial charge in [0, 0.05) is 18.9 Å². The molecule has 1 heterocycles. The van der Waals surface area contributed by atoms with Crippen LogP contribution in [0.25, 0.3) is 0 Å². The van der Waals surface area contributed by atoms with Crippen LogP contribution in [0.1, 0.15) is 48.0 Å². The Morgan fingerprint density at radius 3 is 2.39 bits per heavy atom. The zero-order valence-corrected chi connectivity index (χ0v) is 20.2. The number of aliphatic hydroxyl groups excluding tert-OH is 2. The first-order valence-corrected chi connectivity index (χ1v) is 10.9. The maximum absolute atomic E-state index is 12.9. The van der Waals surface area contributed by atoms with E-state index in [0.717, 1.165) is 17.6 Å². The predicted octanol–water partition coefficient (Wildman–Crippen LogP) is 3.95. The second kappa shape index (κ2) is 12.8. The minimum atomic E-state index is -0.710. The van der Waals surface area contributed by atoms with Gasteiger partial charge in [-0.2, -0.15) is 0 Å². The van der Waals surface area contributed by atoms with Crippen LogP contribution in [0.4, 0.5) is 0 Å². The van der Waals surface area contributed by atoms with Gasteiger partial charge in [0.25, 0.3) is 0 Å². The fourth-order valence-electron chi connectivity index (χ4n) is 3.77. The smallest absolute Gasteiger partial charge is 0.373 e. The van der Waals surface area contributed by atoms with Gasteiger partial charge in [-0.05, 0) is 39.2 Å². The maximum atomic E-state index is 12.9. The van der Waals surface area contributed by atoms with E-state index in [1.807, 2.05) is 58.9 Å². The minimum Gasteiger partial charge on any atom is -0.490 e. The Hall–Kier alpha value is -1.89. The molecule has 7 atom stereocenters. The highest BCUT2D eigenvalue weighted by atomic mass is 16.6. The van der Waals surface area contributed by atoms with Crippen LogP contribution in [0.15, 0.2) is 47.3 Å². The summed E-state index contributed by atoms with van der Waals surface area (Å²) in [5, 5.41) is 20.9. The summed E-state index contributed by atoms with van der Waals surface area (Å²) in [5.41, 5.74) is 1.91. The van der Waals surface area contributed by atoms with E-state index in [2.05, 4.69) is 0 Å². The van der Waals surface area contributed by atoms with Crippen molar-refractivity contribution in [1.82, 2.24) is 0 Å². The molecule has 1 aliphatic heterocycles. The van der Waals surface area contributed by atoms with E-state index >= 15 is 0 Å². The van der Waals surface area contributed by atoms with Crippen LogP contribution in [0.3, 0.4) is 0 Å². The second-order valence-electron chi connectivity index (χ2n) is 8.72. The number of ether oxygens (including phenoxy) is 3. The van der Waals surface area contributed by atoms with Gasteiger partial charge < -0.3 is 24.4 Å². The molecule has 0 radical (unpaired) electrons. The molecule has 0 amide bonds. The molecule has 2 N–H and O–H groups in total. The van der Waals surface area contributed by atoms with Crippen LogP contribution < -0.4 is 0 Å². The molecule has 0 aromatic carbocycles. The van der Waals surface area contributed by atoms with Gasteiger partial charge >= 0.3 is 5.97 Å². The molecule has 0 spiro atoms. The summed E-state index contributed by atoms with van der Waals surface area (Å²) in [7, 11) is 2.95. The largest absolute Gasteiger partial charge is 0.490 e. The second-order valence-corrected chi connectivity index (χ2v) is 8.72. The van der Waals surface area contributed by atoms with E-state index in [1.165, 1.54) is 7.11 Å². The van der Waals surface area contributed by atoms with Crippen molar-refractivity contribution in [1.29, 1.82) is 0 Å². The fraction of sp³-hybridized carbons (Fsp3) is 0.640. The lowest BCUT2D eigenvalue weighted by molar-refractivity contribution is -0.160. The summed E-state index contributed by atoms with van der Waals surface area (Å²) < 4.78 is 16.6. The number of carbonyl (C=O) groups is 1. The third kappa shape index (κ3) is 8.28. The average Bonchev–Trinajstić information content (AvgIpc) is 2.71. The van der Waals surface area contributed by atoms with Gasteiger partial charge in [0.05, 0.1) is 19.3 Å². The zero-order chi connectivity index (χ0) is 23.7. The highest BCUT2D eigenvalue weighted by molar-refractivity contribution is 5.87. The van der Waals surface area contributed by atoms with Crippen LogP contribution in [0, 0.1) is 17.8 Å². The fourth-order valence-corrected chi connectivity index (χ4v) is 3.77. The van der Waals surface area contributed by atoms with E-state index < -0.39 is 30.4 Å². The van der Waals surface area contributed by atoms with Gasteiger partial charge in [0.2, 0.25) is 5.76 Å². The van der Waals surface area contributed by atoms with Crippen molar-refractivity contribution in [3.63, 3.8) is 0 Å². The summed E-state index contributed by atoms with van der Waals surface area (Å²) in [6.07, 6.45) is 7.45. The van der Waals surface area contributed by atoms with E-state index in [0.29, 0.717) is 0 Å². The molecule has 176 valence electrons. The number of hydrogen-bond donors (Lipinski definition) is 2. The topological polar surface area (TPSA) is 85.2 Å². The lowest BCUT2D eigenvalue weighted by Crippen LogP contribution is -2.41. The molecule has 0 saturated heterocycles. The van der Waals surface area contributed by atoms with Crippen LogP contribution in [-0.2, 0) is 19.0 Å². The van der Waals surface area contributed by atoms with Crippen molar-refractivity contribution < 1.29 is 29.2 Å². The molecule has 31 heavy (non-hydrogen) atoms. The molecule has 0 saturated carbocycles. The Labute approximate surface area is 187 Å². The van der Waals surface area contributed by atoms with Crippen LogP contribution in [-0.4, -0.2) is 54.8 Å². The summed E-state index contributed by atoms with van der Waals surface area (Å²) >= 11 is 0. The van der Waals surface area contributed by atoms with Gasteiger partial charge in [0.15, 0.2) is 0 Å². The third-order valence-corrected chi connectivity index (χ3v) is 5.87. The summed E-state index contributed by atoms with van der Waals surface area (Å²) in [5.74, 6) is -0.991. The molecule has 0 aromatic rings. The van der Waals surface area contributed by atoms with Crippen molar-refractivity contribution in [2.24, 2.45) is 17.8 Å². The van der Waals surface area contributed by atoms with E-state index in [9.17, 15) is 15.0 Å². The van der Waals surface area contributed by atoms with Crippen LogP contribution >= 0.6 is 0 Å². The molecule has 1 rings (SSSR count). The van der Waals surface area contributed by atoms with E-state index in [1.54, 1.807) is 20.1 Å². The molecule has 1 aliphatic rings. The number of rotatable bonds is 4. The quantitative estimate of drug-likeness (QED) is 0.649. The van der Waals surface area contributed by atoms with Gasteiger partial charge in [-0.1, -0.05) is 56.2 Å². The van der Waals surface area contributed by atoms with Gasteiger partial charge in [0.1, 0.15) is 12.2 Å². The van der Waals surface area contributed by atoms with Crippen LogP contribution in [0.2, 0.25) is 0 Å². The Bertz CT molecular complexity index is 703. The first kappa shape index (κ1) is 27.1. The Kier molecular flexibility index (Phi) is 11.2. The third-order valence-electron chi connectivity index (χ3n) is 5.87. The van der Waals surface area contributed by atoms with Gasteiger partial charge in [-0.25, -0.2) is 4.79 Å². The highest BCUT2D eigenvalue weighted by Gasteiger charge is 2.33. The van der Waals surface area contributed by atoms with E-state index in [-0.39, 0.29) is 23.5 Å². The number of hydrogen-bond acceptors (Lipinski definition) is 6. The van der Waals surface area contributed by atoms with E-state index in [4.69, 9.17) is 14.2 Å². The molecule has 6 nitrogen and oxygen atoms in total. The van der Waals surface area contributed by atoms with Crippen molar-refractivity contribution in [3.8, 4) is 0 Å². The predicted molar refractivity (Wildman–Crippen MR) is 122 cm³/mol. The number of cyclic esters (lactones) is 1. The molecular weight excluding hydrogens is 396 g/mol. The number of allylic oxidation sites excluding steroid dienone is 5. The first-order valence-electron chi connectivity index (χ1n) is 10.9. The monoisotopic (exact) mass is 436 g/mol. The van der Waals surface area contributed by atoms with Crippen molar-refractivity contribution in [2.75, 3.05) is 14.2 Å². The lowest BCUT2D eigenvalue weighted by Gasteiger charge is -2.30. The highest BCUT2D eigenvalue weighted by Crippen LogP contribution is 2.24. The van der Waals surface area contributed by atoms with Gasteiger partial charge in [-0.3, -0.25) is 0 Å².